The molecule has 2 saturated heterocycles. The zero-order valence-corrected chi connectivity index (χ0v) is 11.5. The smallest absolute Gasteiger partial charge is 0.254 e. The molecule has 1 atom stereocenters. The standard InChI is InChI=1S/C14H20N2OS/c17-14(12-5-9-18-11-12)16-8-3-4-13(16)10-15-6-1-2-7-15/h5,9,11,13H,1-4,6-8,10H2. The molecule has 0 saturated carbocycles. The van der Waals surface area contributed by atoms with Crippen LogP contribution in [0.4, 0.5) is 0 Å². The number of amides is 1. The Morgan fingerprint density at radius 1 is 1.28 bits per heavy atom. The molecule has 1 aromatic rings. The molecule has 1 unspecified atom stereocenters. The lowest BCUT2D eigenvalue weighted by Crippen LogP contribution is -2.42. The van der Waals surface area contributed by atoms with Crippen molar-refractivity contribution in [3.05, 3.63) is 22.4 Å². The van der Waals surface area contributed by atoms with Gasteiger partial charge in [0.1, 0.15) is 0 Å². The fourth-order valence-electron chi connectivity index (χ4n) is 3.11. The average Bonchev–Trinajstić information content (AvgIpc) is 3.12. The van der Waals surface area contributed by atoms with Crippen molar-refractivity contribution in [2.75, 3.05) is 26.2 Å². The van der Waals surface area contributed by atoms with E-state index in [1.165, 1.54) is 32.4 Å². The number of carbonyl (C=O) groups excluding carboxylic acids is 1. The Morgan fingerprint density at radius 2 is 2.11 bits per heavy atom. The summed E-state index contributed by atoms with van der Waals surface area (Å²) in [5, 5.41) is 3.95. The molecule has 18 heavy (non-hydrogen) atoms. The van der Waals surface area contributed by atoms with Crippen LogP contribution in [0.2, 0.25) is 0 Å². The van der Waals surface area contributed by atoms with Gasteiger partial charge in [0, 0.05) is 24.5 Å². The van der Waals surface area contributed by atoms with Crippen LogP contribution in [-0.4, -0.2) is 47.9 Å². The first-order chi connectivity index (χ1) is 8.84. The van der Waals surface area contributed by atoms with Gasteiger partial charge in [-0.3, -0.25) is 4.79 Å². The van der Waals surface area contributed by atoms with E-state index < -0.39 is 0 Å². The minimum absolute atomic E-state index is 0.234. The number of rotatable bonds is 3. The SMILES string of the molecule is O=C(c1ccsc1)N1CCCC1CN1CCCC1. The third kappa shape index (κ3) is 2.45. The fraction of sp³-hybridized carbons (Fsp3) is 0.643. The first kappa shape index (κ1) is 12.2. The first-order valence-electron chi connectivity index (χ1n) is 6.90. The van der Waals surface area contributed by atoms with Crippen LogP contribution in [0.3, 0.4) is 0 Å². The molecule has 3 rings (SSSR count). The molecule has 98 valence electrons. The summed E-state index contributed by atoms with van der Waals surface area (Å²) >= 11 is 1.60. The van der Waals surface area contributed by atoms with Gasteiger partial charge in [0.25, 0.3) is 5.91 Å². The van der Waals surface area contributed by atoms with Crippen LogP contribution in [0, 0.1) is 0 Å². The summed E-state index contributed by atoms with van der Waals surface area (Å²) in [5.74, 6) is 0.234. The van der Waals surface area contributed by atoms with Crippen molar-refractivity contribution in [3.8, 4) is 0 Å². The molecule has 2 fully saturated rings. The van der Waals surface area contributed by atoms with E-state index in [4.69, 9.17) is 0 Å². The Labute approximate surface area is 112 Å². The predicted octanol–water partition coefficient (Wildman–Crippen LogP) is 2.45. The van der Waals surface area contributed by atoms with Gasteiger partial charge in [-0.1, -0.05) is 0 Å². The summed E-state index contributed by atoms with van der Waals surface area (Å²) < 4.78 is 0. The highest BCUT2D eigenvalue weighted by molar-refractivity contribution is 7.08. The highest BCUT2D eigenvalue weighted by Crippen LogP contribution is 2.23. The molecule has 1 amide bonds. The van der Waals surface area contributed by atoms with E-state index in [9.17, 15) is 4.79 Å². The van der Waals surface area contributed by atoms with E-state index in [-0.39, 0.29) is 5.91 Å². The zero-order chi connectivity index (χ0) is 12.4. The Bertz CT molecular complexity index is 398. The number of likely N-dealkylation sites (tertiary alicyclic amines) is 2. The van der Waals surface area contributed by atoms with E-state index in [1.54, 1.807) is 11.3 Å². The van der Waals surface area contributed by atoms with Crippen LogP contribution in [0.15, 0.2) is 16.8 Å². The fourth-order valence-corrected chi connectivity index (χ4v) is 3.74. The minimum Gasteiger partial charge on any atom is -0.334 e. The number of thiophene rings is 1. The number of hydrogen-bond donors (Lipinski definition) is 0. The number of hydrogen-bond acceptors (Lipinski definition) is 3. The van der Waals surface area contributed by atoms with Crippen molar-refractivity contribution in [1.82, 2.24) is 9.80 Å². The third-order valence-electron chi connectivity index (χ3n) is 4.07. The van der Waals surface area contributed by atoms with Crippen molar-refractivity contribution in [3.63, 3.8) is 0 Å². The average molecular weight is 264 g/mol. The van der Waals surface area contributed by atoms with Crippen molar-refractivity contribution >= 4 is 17.2 Å². The molecule has 0 bridgehead atoms. The summed E-state index contributed by atoms with van der Waals surface area (Å²) in [4.78, 5) is 17.0. The largest absolute Gasteiger partial charge is 0.334 e. The van der Waals surface area contributed by atoms with E-state index in [2.05, 4.69) is 9.80 Å². The lowest BCUT2D eigenvalue weighted by atomic mass is 10.2. The molecule has 3 nitrogen and oxygen atoms in total. The molecule has 0 spiro atoms. The maximum Gasteiger partial charge on any atom is 0.254 e. The number of nitrogens with zero attached hydrogens (tertiary/aromatic N) is 2. The van der Waals surface area contributed by atoms with E-state index >= 15 is 0 Å². The molecule has 1 aromatic heterocycles. The molecular formula is C14H20N2OS. The molecule has 0 aromatic carbocycles. The van der Waals surface area contributed by atoms with Crippen LogP contribution in [0.5, 0.6) is 0 Å². The molecule has 2 aliphatic heterocycles. The Morgan fingerprint density at radius 3 is 2.83 bits per heavy atom. The molecule has 4 heteroatoms. The Kier molecular flexibility index (Phi) is 3.66. The highest BCUT2D eigenvalue weighted by atomic mass is 32.1. The highest BCUT2D eigenvalue weighted by Gasteiger charge is 2.31. The Balaban J connectivity index is 1.65. The third-order valence-corrected chi connectivity index (χ3v) is 4.76. The second-order valence-corrected chi connectivity index (χ2v) is 6.09. The Hall–Kier alpha value is -0.870. The van der Waals surface area contributed by atoms with Crippen molar-refractivity contribution in [2.24, 2.45) is 0 Å². The van der Waals surface area contributed by atoms with E-state index in [0.29, 0.717) is 6.04 Å². The van der Waals surface area contributed by atoms with E-state index in [0.717, 1.165) is 25.1 Å². The lowest BCUT2D eigenvalue weighted by molar-refractivity contribution is 0.0709. The first-order valence-corrected chi connectivity index (χ1v) is 7.84. The summed E-state index contributed by atoms with van der Waals surface area (Å²) in [6.45, 7) is 4.46. The summed E-state index contributed by atoms with van der Waals surface area (Å²) in [6.07, 6.45) is 4.98. The van der Waals surface area contributed by atoms with Gasteiger partial charge in [0.15, 0.2) is 0 Å². The van der Waals surface area contributed by atoms with Crippen LogP contribution < -0.4 is 0 Å². The van der Waals surface area contributed by atoms with Crippen LogP contribution in [-0.2, 0) is 0 Å². The zero-order valence-electron chi connectivity index (χ0n) is 10.7. The molecule has 3 heterocycles. The predicted molar refractivity (Wildman–Crippen MR) is 74.1 cm³/mol. The van der Waals surface area contributed by atoms with Crippen molar-refractivity contribution in [2.45, 2.75) is 31.7 Å². The second-order valence-electron chi connectivity index (χ2n) is 5.31. The van der Waals surface area contributed by atoms with Crippen molar-refractivity contribution in [1.29, 1.82) is 0 Å². The summed E-state index contributed by atoms with van der Waals surface area (Å²) in [6, 6.07) is 2.38. The van der Waals surface area contributed by atoms with Gasteiger partial charge >= 0.3 is 0 Å². The normalized spacial score (nSPS) is 24.9. The van der Waals surface area contributed by atoms with Crippen molar-refractivity contribution < 1.29 is 4.79 Å². The summed E-state index contributed by atoms with van der Waals surface area (Å²) in [5.41, 5.74) is 0.869. The summed E-state index contributed by atoms with van der Waals surface area (Å²) in [7, 11) is 0. The van der Waals surface area contributed by atoms with E-state index in [1.807, 2.05) is 16.8 Å². The minimum atomic E-state index is 0.234. The van der Waals surface area contributed by atoms with Gasteiger partial charge in [-0.15, -0.1) is 0 Å². The van der Waals surface area contributed by atoms with Gasteiger partial charge in [-0.25, -0.2) is 0 Å². The van der Waals surface area contributed by atoms with Gasteiger partial charge < -0.3 is 9.80 Å². The van der Waals surface area contributed by atoms with Gasteiger partial charge in [0.2, 0.25) is 0 Å². The second kappa shape index (κ2) is 5.41. The maximum atomic E-state index is 12.4. The van der Waals surface area contributed by atoms with Crippen LogP contribution in [0.1, 0.15) is 36.0 Å². The molecule has 0 radical (unpaired) electrons. The quantitative estimate of drug-likeness (QED) is 0.837. The maximum absolute atomic E-state index is 12.4. The molecule has 0 aliphatic carbocycles. The van der Waals surface area contributed by atoms with Crippen LogP contribution >= 0.6 is 11.3 Å². The molecular weight excluding hydrogens is 244 g/mol. The molecule has 0 N–H and O–H groups in total. The monoisotopic (exact) mass is 264 g/mol. The topological polar surface area (TPSA) is 23.6 Å². The lowest BCUT2D eigenvalue weighted by Gasteiger charge is -2.28. The van der Waals surface area contributed by atoms with Gasteiger partial charge in [0.05, 0.1) is 5.56 Å². The molecule has 2 aliphatic rings. The van der Waals surface area contributed by atoms with Gasteiger partial charge in [-0.2, -0.15) is 11.3 Å². The number of carbonyl (C=O) groups is 1. The van der Waals surface area contributed by atoms with Gasteiger partial charge in [-0.05, 0) is 50.2 Å². The van der Waals surface area contributed by atoms with Crippen LogP contribution in [0.25, 0.3) is 0 Å².